The number of nitrogens with zero attached hydrogens (tertiary/aromatic N) is 3. The normalized spacial score (nSPS) is 11.5. The Balaban J connectivity index is 1.69. The van der Waals surface area contributed by atoms with Crippen LogP contribution in [0.1, 0.15) is 34.2 Å². The van der Waals surface area contributed by atoms with E-state index in [9.17, 15) is 9.59 Å². The molecule has 0 fully saturated rings. The fraction of sp³-hybridized carbons (Fsp3) is 0.190. The number of hydrogen-bond donors (Lipinski definition) is 1. The molecular formula is C21H18N4O3. The first-order valence-electron chi connectivity index (χ1n) is 8.64. The van der Waals surface area contributed by atoms with Gasteiger partial charge >= 0.3 is 5.97 Å². The summed E-state index contributed by atoms with van der Waals surface area (Å²) in [6.07, 6.45) is -0.996. The monoisotopic (exact) mass is 374 g/mol. The third-order valence-corrected chi connectivity index (χ3v) is 4.25. The third kappa shape index (κ3) is 4.13. The molecule has 1 atom stereocenters. The number of amides is 1. The van der Waals surface area contributed by atoms with Gasteiger partial charge < -0.3 is 10.1 Å². The summed E-state index contributed by atoms with van der Waals surface area (Å²) in [6, 6.07) is 13.3. The van der Waals surface area contributed by atoms with Gasteiger partial charge in [-0.1, -0.05) is 0 Å². The van der Waals surface area contributed by atoms with Gasteiger partial charge in [-0.2, -0.15) is 5.26 Å². The Morgan fingerprint density at radius 2 is 1.68 bits per heavy atom. The van der Waals surface area contributed by atoms with Crippen molar-refractivity contribution in [1.29, 1.82) is 5.26 Å². The molecule has 0 saturated carbocycles. The molecule has 0 bridgehead atoms. The molecule has 1 N–H and O–H groups in total. The number of carbonyl (C=O) groups excluding carboxylic acids is 2. The van der Waals surface area contributed by atoms with E-state index in [1.165, 1.54) is 6.92 Å². The molecule has 3 aromatic rings. The van der Waals surface area contributed by atoms with Crippen molar-refractivity contribution in [2.45, 2.75) is 26.9 Å². The van der Waals surface area contributed by atoms with Crippen LogP contribution in [-0.4, -0.2) is 27.9 Å². The molecular weight excluding hydrogens is 356 g/mol. The summed E-state index contributed by atoms with van der Waals surface area (Å²) in [6.45, 7) is 5.21. The molecule has 0 saturated heterocycles. The molecule has 0 aliphatic carbocycles. The van der Waals surface area contributed by atoms with Gasteiger partial charge in [-0.15, -0.1) is 0 Å². The van der Waals surface area contributed by atoms with Crippen molar-refractivity contribution >= 4 is 28.6 Å². The molecule has 0 spiro atoms. The average Bonchev–Trinajstić information content (AvgIpc) is 2.69. The van der Waals surface area contributed by atoms with E-state index in [2.05, 4.69) is 15.3 Å². The molecule has 2 aromatic carbocycles. The Hall–Kier alpha value is -3.79. The lowest BCUT2D eigenvalue weighted by molar-refractivity contribution is -0.123. The summed E-state index contributed by atoms with van der Waals surface area (Å²) in [5, 5.41) is 11.4. The highest BCUT2D eigenvalue weighted by atomic mass is 16.5. The minimum absolute atomic E-state index is 0.295. The molecule has 1 amide bonds. The largest absolute Gasteiger partial charge is 0.449 e. The van der Waals surface area contributed by atoms with E-state index in [-0.39, 0.29) is 0 Å². The summed E-state index contributed by atoms with van der Waals surface area (Å²) in [5.74, 6) is -1.09. The maximum Gasteiger partial charge on any atom is 0.338 e. The number of benzene rings is 2. The Kier molecular flexibility index (Phi) is 5.32. The summed E-state index contributed by atoms with van der Waals surface area (Å²) in [7, 11) is 0. The van der Waals surface area contributed by atoms with E-state index in [0.717, 1.165) is 11.4 Å². The Bertz CT molecular complexity index is 1100. The van der Waals surface area contributed by atoms with Gasteiger partial charge in [0.25, 0.3) is 5.91 Å². The molecule has 140 valence electrons. The fourth-order valence-electron chi connectivity index (χ4n) is 2.51. The van der Waals surface area contributed by atoms with E-state index in [1.807, 2.05) is 19.9 Å². The summed E-state index contributed by atoms with van der Waals surface area (Å²) in [5.41, 5.74) is 4.19. The molecule has 3 rings (SSSR count). The van der Waals surface area contributed by atoms with Gasteiger partial charge in [-0.3, -0.25) is 4.79 Å². The van der Waals surface area contributed by atoms with Crippen LogP contribution in [0.3, 0.4) is 0 Å². The number of nitrogens with one attached hydrogen (secondary N) is 1. The van der Waals surface area contributed by atoms with Crippen molar-refractivity contribution in [2.24, 2.45) is 0 Å². The maximum absolute atomic E-state index is 12.4. The van der Waals surface area contributed by atoms with Crippen molar-refractivity contribution in [3.63, 3.8) is 0 Å². The first-order valence-corrected chi connectivity index (χ1v) is 8.64. The standard InChI is InChI=1S/C21H18N4O3/c1-12-13(2)24-19-10-16(6-9-18(19)23-12)21(27)28-14(3)20(26)25-17-7-4-15(11-22)5-8-17/h4-10,14H,1-3H3,(H,25,26)/t14-/m0/s1. The summed E-state index contributed by atoms with van der Waals surface area (Å²) < 4.78 is 5.27. The highest BCUT2D eigenvalue weighted by molar-refractivity contribution is 5.98. The SMILES string of the molecule is Cc1nc2ccc(C(=O)O[C@@H](C)C(=O)Nc3ccc(C#N)cc3)cc2nc1C. The van der Waals surface area contributed by atoms with Crippen LogP contribution in [0.15, 0.2) is 42.5 Å². The first-order chi connectivity index (χ1) is 13.4. The number of nitriles is 1. The smallest absolute Gasteiger partial charge is 0.338 e. The van der Waals surface area contributed by atoms with E-state index >= 15 is 0 Å². The van der Waals surface area contributed by atoms with Crippen LogP contribution in [0.4, 0.5) is 5.69 Å². The molecule has 1 aromatic heterocycles. The number of rotatable bonds is 4. The predicted octanol–water partition coefficient (Wildman–Crippen LogP) is 3.30. The summed E-state index contributed by atoms with van der Waals surface area (Å²) in [4.78, 5) is 33.5. The quantitative estimate of drug-likeness (QED) is 0.703. The van der Waals surface area contributed by atoms with Crippen molar-refractivity contribution in [3.05, 3.63) is 65.0 Å². The van der Waals surface area contributed by atoms with Crippen molar-refractivity contribution in [1.82, 2.24) is 9.97 Å². The molecule has 0 radical (unpaired) electrons. The number of hydrogen-bond acceptors (Lipinski definition) is 6. The van der Waals surface area contributed by atoms with E-state index in [0.29, 0.717) is 27.8 Å². The summed E-state index contributed by atoms with van der Waals surface area (Å²) >= 11 is 0. The van der Waals surface area contributed by atoms with Crippen LogP contribution in [0, 0.1) is 25.2 Å². The van der Waals surface area contributed by atoms with Crippen LogP contribution in [0.5, 0.6) is 0 Å². The van der Waals surface area contributed by atoms with Gasteiger partial charge in [-0.25, -0.2) is 14.8 Å². The highest BCUT2D eigenvalue weighted by Gasteiger charge is 2.19. The molecule has 0 aliphatic heterocycles. The topological polar surface area (TPSA) is 105 Å². The Labute approximate surface area is 162 Å². The Morgan fingerprint density at radius 3 is 2.32 bits per heavy atom. The van der Waals surface area contributed by atoms with Crippen molar-refractivity contribution < 1.29 is 14.3 Å². The van der Waals surface area contributed by atoms with Crippen LogP contribution >= 0.6 is 0 Å². The lowest BCUT2D eigenvalue weighted by atomic mass is 10.2. The zero-order chi connectivity index (χ0) is 20.3. The lowest BCUT2D eigenvalue weighted by Crippen LogP contribution is -2.30. The van der Waals surface area contributed by atoms with Gasteiger partial charge in [0.15, 0.2) is 6.10 Å². The lowest BCUT2D eigenvalue weighted by Gasteiger charge is -2.14. The molecule has 0 unspecified atom stereocenters. The van der Waals surface area contributed by atoms with E-state index in [4.69, 9.17) is 10.00 Å². The van der Waals surface area contributed by atoms with Crippen molar-refractivity contribution in [3.8, 4) is 6.07 Å². The van der Waals surface area contributed by atoms with Crippen LogP contribution in [0.25, 0.3) is 11.0 Å². The number of fused-ring (bicyclic) bond motifs is 1. The molecule has 0 aliphatic rings. The zero-order valence-corrected chi connectivity index (χ0v) is 15.7. The average molecular weight is 374 g/mol. The first kappa shape index (κ1) is 19.0. The van der Waals surface area contributed by atoms with Gasteiger partial charge in [0.05, 0.1) is 39.6 Å². The predicted molar refractivity (Wildman–Crippen MR) is 104 cm³/mol. The van der Waals surface area contributed by atoms with E-state index < -0.39 is 18.0 Å². The number of aryl methyl sites for hydroxylation is 2. The second-order valence-electron chi connectivity index (χ2n) is 6.32. The second-order valence-corrected chi connectivity index (χ2v) is 6.32. The van der Waals surface area contributed by atoms with Gasteiger partial charge in [0.2, 0.25) is 0 Å². The zero-order valence-electron chi connectivity index (χ0n) is 15.7. The van der Waals surface area contributed by atoms with Crippen LogP contribution in [-0.2, 0) is 9.53 Å². The van der Waals surface area contributed by atoms with Crippen LogP contribution < -0.4 is 5.32 Å². The van der Waals surface area contributed by atoms with Gasteiger partial charge in [0, 0.05) is 5.69 Å². The number of esters is 1. The highest BCUT2D eigenvalue weighted by Crippen LogP contribution is 2.16. The molecule has 7 heteroatoms. The molecule has 1 heterocycles. The van der Waals surface area contributed by atoms with E-state index in [1.54, 1.807) is 42.5 Å². The Morgan fingerprint density at radius 1 is 1.04 bits per heavy atom. The molecule has 28 heavy (non-hydrogen) atoms. The number of aromatic nitrogens is 2. The maximum atomic E-state index is 12.4. The fourth-order valence-corrected chi connectivity index (χ4v) is 2.51. The van der Waals surface area contributed by atoms with Crippen LogP contribution in [0.2, 0.25) is 0 Å². The van der Waals surface area contributed by atoms with Gasteiger partial charge in [-0.05, 0) is 63.2 Å². The minimum atomic E-state index is -0.996. The van der Waals surface area contributed by atoms with Gasteiger partial charge in [0.1, 0.15) is 0 Å². The third-order valence-electron chi connectivity index (χ3n) is 4.25. The number of ether oxygens (including phenoxy) is 1. The minimum Gasteiger partial charge on any atom is -0.449 e. The number of anilines is 1. The second kappa shape index (κ2) is 7.84. The van der Waals surface area contributed by atoms with Crippen molar-refractivity contribution in [2.75, 3.05) is 5.32 Å². The molecule has 7 nitrogen and oxygen atoms in total. The number of carbonyl (C=O) groups is 2.